The molecular formula is C16H23Cl2N. The van der Waals surface area contributed by atoms with Crippen molar-refractivity contribution in [2.75, 3.05) is 7.05 Å². The minimum atomic E-state index is 0.279. The molecule has 0 spiro atoms. The van der Waals surface area contributed by atoms with Crippen molar-refractivity contribution in [1.82, 2.24) is 5.32 Å². The zero-order valence-corrected chi connectivity index (χ0v) is 13.5. The van der Waals surface area contributed by atoms with E-state index in [0.717, 1.165) is 15.6 Å². The summed E-state index contributed by atoms with van der Waals surface area (Å²) in [4.78, 5) is 0. The van der Waals surface area contributed by atoms with Crippen molar-refractivity contribution in [3.05, 3.63) is 33.8 Å². The standard InChI is InChI=1S/C16H23Cl2N/c1-16(2)9-5-4-6-13(16)15(19-3)12-10-11(17)7-8-14(12)18/h7-8,10,13,15,19H,4-6,9H2,1-3H3. The van der Waals surface area contributed by atoms with Gasteiger partial charge in [0.05, 0.1) is 0 Å². The fourth-order valence-electron chi connectivity index (χ4n) is 3.47. The Hall–Kier alpha value is -0.240. The summed E-state index contributed by atoms with van der Waals surface area (Å²) >= 11 is 12.5. The molecule has 0 radical (unpaired) electrons. The molecule has 1 nitrogen and oxygen atoms in total. The van der Waals surface area contributed by atoms with Crippen LogP contribution in [-0.4, -0.2) is 7.05 Å². The van der Waals surface area contributed by atoms with Crippen molar-refractivity contribution in [3.63, 3.8) is 0 Å². The van der Waals surface area contributed by atoms with Crippen LogP contribution in [0.25, 0.3) is 0 Å². The lowest BCUT2D eigenvalue weighted by atomic mass is 9.65. The average Bonchev–Trinajstić information content (AvgIpc) is 2.36. The molecule has 1 N–H and O–H groups in total. The average molecular weight is 300 g/mol. The Morgan fingerprint density at radius 2 is 2.00 bits per heavy atom. The number of rotatable bonds is 3. The quantitative estimate of drug-likeness (QED) is 0.780. The van der Waals surface area contributed by atoms with Gasteiger partial charge in [0, 0.05) is 16.1 Å². The van der Waals surface area contributed by atoms with Gasteiger partial charge in [-0.15, -0.1) is 0 Å². The SMILES string of the molecule is CNC(c1cc(Cl)ccc1Cl)C1CCCCC1(C)C. The number of hydrogen-bond donors (Lipinski definition) is 1. The third kappa shape index (κ3) is 3.26. The van der Waals surface area contributed by atoms with Crippen molar-refractivity contribution in [2.45, 2.75) is 45.6 Å². The smallest absolute Gasteiger partial charge is 0.0454 e. The van der Waals surface area contributed by atoms with Gasteiger partial charge in [0.25, 0.3) is 0 Å². The van der Waals surface area contributed by atoms with Crippen LogP contribution in [-0.2, 0) is 0 Å². The topological polar surface area (TPSA) is 12.0 Å². The summed E-state index contributed by atoms with van der Waals surface area (Å²) in [7, 11) is 2.02. The van der Waals surface area contributed by atoms with Crippen LogP contribution in [0.15, 0.2) is 18.2 Å². The molecule has 2 unspecified atom stereocenters. The fraction of sp³-hybridized carbons (Fsp3) is 0.625. The van der Waals surface area contributed by atoms with E-state index in [1.165, 1.54) is 25.7 Å². The Bertz CT molecular complexity index is 442. The number of benzene rings is 1. The van der Waals surface area contributed by atoms with Gasteiger partial charge in [0.15, 0.2) is 0 Å². The molecule has 1 aliphatic carbocycles. The maximum Gasteiger partial charge on any atom is 0.0454 e. The van der Waals surface area contributed by atoms with Crippen molar-refractivity contribution >= 4 is 23.2 Å². The monoisotopic (exact) mass is 299 g/mol. The molecule has 1 fully saturated rings. The third-order valence-electron chi connectivity index (χ3n) is 4.60. The fourth-order valence-corrected chi connectivity index (χ4v) is 3.88. The first kappa shape index (κ1) is 15.2. The maximum absolute atomic E-state index is 6.38. The number of hydrogen-bond acceptors (Lipinski definition) is 1. The summed E-state index contributed by atoms with van der Waals surface area (Å²) in [5, 5.41) is 5.04. The van der Waals surface area contributed by atoms with E-state index in [-0.39, 0.29) is 6.04 Å². The first-order chi connectivity index (χ1) is 8.95. The van der Waals surface area contributed by atoms with Crippen LogP contribution >= 0.6 is 23.2 Å². The molecule has 1 saturated carbocycles. The van der Waals surface area contributed by atoms with Crippen LogP contribution in [0, 0.1) is 11.3 Å². The van der Waals surface area contributed by atoms with E-state index in [0.29, 0.717) is 11.3 Å². The molecule has 0 aliphatic heterocycles. The predicted octanol–water partition coefficient (Wildman–Crippen LogP) is 5.47. The summed E-state index contributed by atoms with van der Waals surface area (Å²) in [6, 6.07) is 6.04. The maximum atomic E-state index is 6.38. The highest BCUT2D eigenvalue weighted by molar-refractivity contribution is 6.33. The number of halogens is 2. The Morgan fingerprint density at radius 1 is 1.26 bits per heavy atom. The Labute approximate surface area is 126 Å². The molecule has 0 bridgehead atoms. The summed E-state index contributed by atoms with van der Waals surface area (Å²) in [6.45, 7) is 4.75. The van der Waals surface area contributed by atoms with Gasteiger partial charge >= 0.3 is 0 Å². The van der Waals surface area contributed by atoms with E-state index in [1.54, 1.807) is 0 Å². The molecular weight excluding hydrogens is 277 g/mol. The molecule has 0 aromatic heterocycles. The third-order valence-corrected chi connectivity index (χ3v) is 5.18. The van der Waals surface area contributed by atoms with Crippen molar-refractivity contribution in [1.29, 1.82) is 0 Å². The normalized spacial score (nSPS) is 24.2. The van der Waals surface area contributed by atoms with Crippen molar-refractivity contribution in [3.8, 4) is 0 Å². The second-order valence-corrected chi connectivity index (χ2v) is 7.12. The van der Waals surface area contributed by atoms with Gasteiger partial charge in [-0.3, -0.25) is 0 Å². The van der Waals surface area contributed by atoms with E-state index in [1.807, 2.05) is 25.2 Å². The minimum Gasteiger partial charge on any atom is -0.313 e. The molecule has 1 aromatic rings. The molecule has 0 heterocycles. The second kappa shape index (κ2) is 6.03. The zero-order valence-electron chi connectivity index (χ0n) is 12.0. The van der Waals surface area contributed by atoms with Gasteiger partial charge in [0.2, 0.25) is 0 Å². The van der Waals surface area contributed by atoms with Crippen LogP contribution in [0.4, 0.5) is 0 Å². The van der Waals surface area contributed by atoms with Crippen LogP contribution in [0.2, 0.25) is 10.0 Å². The summed E-state index contributed by atoms with van der Waals surface area (Å²) in [5.74, 6) is 0.599. The largest absolute Gasteiger partial charge is 0.313 e. The predicted molar refractivity (Wildman–Crippen MR) is 84.0 cm³/mol. The van der Waals surface area contributed by atoms with E-state index in [9.17, 15) is 0 Å². The first-order valence-electron chi connectivity index (χ1n) is 7.08. The van der Waals surface area contributed by atoms with Gasteiger partial charge in [-0.25, -0.2) is 0 Å². The minimum absolute atomic E-state index is 0.279. The van der Waals surface area contributed by atoms with Crippen LogP contribution < -0.4 is 5.32 Å². The zero-order chi connectivity index (χ0) is 14.0. The van der Waals surface area contributed by atoms with Crippen LogP contribution in [0.3, 0.4) is 0 Å². The highest BCUT2D eigenvalue weighted by atomic mass is 35.5. The van der Waals surface area contributed by atoms with Gasteiger partial charge in [-0.2, -0.15) is 0 Å². The molecule has 1 aliphatic rings. The second-order valence-electron chi connectivity index (χ2n) is 6.27. The highest BCUT2D eigenvalue weighted by Gasteiger charge is 2.38. The van der Waals surface area contributed by atoms with Crippen molar-refractivity contribution < 1.29 is 0 Å². The Balaban J connectivity index is 2.35. The first-order valence-corrected chi connectivity index (χ1v) is 7.83. The molecule has 2 rings (SSSR count). The Kier molecular flexibility index (Phi) is 4.81. The van der Waals surface area contributed by atoms with Gasteiger partial charge in [0.1, 0.15) is 0 Å². The van der Waals surface area contributed by atoms with Gasteiger partial charge in [-0.05, 0) is 55.0 Å². The molecule has 2 atom stereocenters. The lowest BCUT2D eigenvalue weighted by Crippen LogP contribution is -2.38. The van der Waals surface area contributed by atoms with Gasteiger partial charge < -0.3 is 5.32 Å². The molecule has 1 aromatic carbocycles. The molecule has 3 heteroatoms. The molecule has 0 saturated heterocycles. The summed E-state index contributed by atoms with van der Waals surface area (Å²) < 4.78 is 0. The summed E-state index contributed by atoms with van der Waals surface area (Å²) in [5.41, 5.74) is 1.48. The highest BCUT2D eigenvalue weighted by Crippen LogP contribution is 2.47. The molecule has 0 amide bonds. The van der Waals surface area contributed by atoms with Crippen LogP contribution in [0.5, 0.6) is 0 Å². The Morgan fingerprint density at radius 3 is 2.63 bits per heavy atom. The summed E-state index contributed by atoms with van der Waals surface area (Å²) in [6.07, 6.45) is 5.18. The lowest BCUT2D eigenvalue weighted by molar-refractivity contribution is 0.101. The molecule has 106 valence electrons. The lowest BCUT2D eigenvalue weighted by Gasteiger charge is -2.43. The van der Waals surface area contributed by atoms with E-state index >= 15 is 0 Å². The van der Waals surface area contributed by atoms with Crippen molar-refractivity contribution in [2.24, 2.45) is 11.3 Å². The van der Waals surface area contributed by atoms with Gasteiger partial charge in [-0.1, -0.05) is 49.9 Å². The molecule has 19 heavy (non-hydrogen) atoms. The van der Waals surface area contributed by atoms with Crippen LogP contribution in [0.1, 0.15) is 51.1 Å². The number of nitrogens with one attached hydrogen (secondary N) is 1. The van der Waals surface area contributed by atoms with E-state index in [4.69, 9.17) is 23.2 Å². The van der Waals surface area contributed by atoms with E-state index in [2.05, 4.69) is 19.2 Å². The van der Waals surface area contributed by atoms with E-state index < -0.39 is 0 Å².